The molecule has 0 aromatic heterocycles. The third-order valence-corrected chi connectivity index (χ3v) is 3.84. The first-order valence-electron chi connectivity index (χ1n) is 5.45. The van der Waals surface area contributed by atoms with Crippen LogP contribution in [0.25, 0.3) is 0 Å². The van der Waals surface area contributed by atoms with E-state index in [4.69, 9.17) is 0 Å². The fourth-order valence-electron chi connectivity index (χ4n) is 2.07. The van der Waals surface area contributed by atoms with Gasteiger partial charge in [0.25, 0.3) is 0 Å². The van der Waals surface area contributed by atoms with Crippen LogP contribution >= 0.6 is 15.9 Å². The number of alkyl halides is 1. The van der Waals surface area contributed by atoms with E-state index in [0.717, 1.165) is 5.33 Å². The Hall–Kier alpha value is -0.845. The second-order valence-corrected chi connectivity index (χ2v) is 4.81. The summed E-state index contributed by atoms with van der Waals surface area (Å²) >= 11 is 3.37. The Balaban J connectivity index is 2.31. The largest absolute Gasteiger partial charge is 0.490 e. The second-order valence-electron chi connectivity index (χ2n) is 4.16. The molecule has 90 valence electrons. The number of rotatable bonds is 3. The summed E-state index contributed by atoms with van der Waals surface area (Å²) in [5.41, 5.74) is 0.965. The Bertz CT molecular complexity index is 427. The maximum Gasteiger partial charge on any atom is 0.490 e. The lowest BCUT2D eigenvalue weighted by atomic mass is 9.78. The lowest BCUT2D eigenvalue weighted by molar-refractivity contribution is -0.117. The highest BCUT2D eigenvalue weighted by atomic mass is 79.9. The fraction of sp³-hybridized carbons (Fsp3) is 0.364. The van der Waals surface area contributed by atoms with Crippen LogP contribution in [0.5, 0.6) is 0 Å². The minimum Gasteiger partial charge on any atom is -0.423 e. The smallest absolute Gasteiger partial charge is 0.423 e. The quantitative estimate of drug-likeness (QED) is 0.615. The Labute approximate surface area is 109 Å². The predicted molar refractivity (Wildman–Crippen MR) is 70.5 cm³/mol. The first-order chi connectivity index (χ1) is 8.13. The van der Waals surface area contributed by atoms with Gasteiger partial charge in [-0.1, -0.05) is 34.1 Å². The highest BCUT2D eigenvalue weighted by molar-refractivity contribution is 9.09. The van der Waals surface area contributed by atoms with Crippen molar-refractivity contribution in [3.05, 3.63) is 24.3 Å². The first kappa shape index (κ1) is 12.6. The van der Waals surface area contributed by atoms with Crippen LogP contribution in [0.15, 0.2) is 24.3 Å². The predicted octanol–water partition coefficient (Wildman–Crippen LogP) is 0.114. The number of amides is 1. The molecular formula is C11H13BBrNO3. The van der Waals surface area contributed by atoms with Gasteiger partial charge in [0, 0.05) is 29.4 Å². The third-order valence-electron chi connectivity index (χ3n) is 2.93. The van der Waals surface area contributed by atoms with E-state index in [0.29, 0.717) is 24.1 Å². The molecule has 1 amide bonds. The van der Waals surface area contributed by atoms with Crippen LogP contribution in [-0.4, -0.2) is 34.9 Å². The number of nitrogens with zero attached hydrogens (tertiary/aromatic N) is 1. The zero-order valence-electron chi connectivity index (χ0n) is 9.21. The molecule has 0 saturated carbocycles. The molecule has 0 aliphatic carbocycles. The van der Waals surface area contributed by atoms with Gasteiger partial charge in [0.05, 0.1) is 0 Å². The number of carbonyl (C=O) groups is 1. The maximum absolute atomic E-state index is 11.9. The Morgan fingerprint density at radius 1 is 1.41 bits per heavy atom. The lowest BCUT2D eigenvalue weighted by Crippen LogP contribution is -2.37. The van der Waals surface area contributed by atoms with Gasteiger partial charge < -0.3 is 14.9 Å². The van der Waals surface area contributed by atoms with Crippen molar-refractivity contribution in [2.45, 2.75) is 6.42 Å². The molecule has 4 nitrogen and oxygen atoms in total. The summed E-state index contributed by atoms with van der Waals surface area (Å²) in [5, 5.41) is 19.3. The van der Waals surface area contributed by atoms with Gasteiger partial charge in [-0.3, -0.25) is 4.79 Å². The van der Waals surface area contributed by atoms with Crippen LogP contribution in [0.2, 0.25) is 0 Å². The van der Waals surface area contributed by atoms with Crippen molar-refractivity contribution in [3.8, 4) is 0 Å². The van der Waals surface area contributed by atoms with Crippen molar-refractivity contribution in [1.82, 2.24) is 0 Å². The molecule has 6 heteroatoms. The van der Waals surface area contributed by atoms with Gasteiger partial charge in [-0.2, -0.15) is 0 Å². The summed E-state index contributed by atoms with van der Waals surface area (Å²) < 4.78 is 0. The molecule has 1 aromatic carbocycles. The molecule has 2 rings (SSSR count). The fourth-order valence-corrected chi connectivity index (χ4v) is 2.50. The summed E-state index contributed by atoms with van der Waals surface area (Å²) in [6.45, 7) is 0.619. The zero-order chi connectivity index (χ0) is 12.4. The molecule has 0 spiro atoms. The first-order valence-corrected chi connectivity index (χ1v) is 6.57. The lowest BCUT2D eigenvalue weighted by Gasteiger charge is -2.20. The number of halogens is 1. The third kappa shape index (κ3) is 2.54. The van der Waals surface area contributed by atoms with E-state index in [1.807, 2.05) is 0 Å². The van der Waals surface area contributed by atoms with Crippen molar-refractivity contribution in [2.75, 3.05) is 16.8 Å². The number of para-hydroxylation sites is 1. The van der Waals surface area contributed by atoms with Gasteiger partial charge in [0.15, 0.2) is 0 Å². The van der Waals surface area contributed by atoms with Gasteiger partial charge in [0.2, 0.25) is 5.91 Å². The van der Waals surface area contributed by atoms with Gasteiger partial charge in [-0.15, -0.1) is 0 Å². The van der Waals surface area contributed by atoms with Crippen molar-refractivity contribution < 1.29 is 14.8 Å². The number of benzene rings is 1. The Morgan fingerprint density at radius 3 is 2.71 bits per heavy atom. The van der Waals surface area contributed by atoms with Gasteiger partial charge in [-0.05, 0) is 12.0 Å². The van der Waals surface area contributed by atoms with Gasteiger partial charge in [0.1, 0.15) is 0 Å². The number of carbonyl (C=O) groups excluding carboxylic acids is 1. The zero-order valence-corrected chi connectivity index (χ0v) is 10.8. The highest BCUT2D eigenvalue weighted by Crippen LogP contribution is 2.24. The molecule has 1 aromatic rings. The maximum atomic E-state index is 11.9. The standard InChI is InChI=1S/C11H13BBrNO3/c13-6-8-5-11(15)14(7-8)10-4-2-1-3-9(10)12(16)17/h1-4,8,16-17H,5-7H2. The van der Waals surface area contributed by atoms with E-state index in [9.17, 15) is 14.8 Å². The SMILES string of the molecule is O=C1CC(CBr)CN1c1ccccc1B(O)O. The van der Waals surface area contributed by atoms with E-state index in [1.54, 1.807) is 29.2 Å². The van der Waals surface area contributed by atoms with Crippen LogP contribution < -0.4 is 10.4 Å². The molecule has 17 heavy (non-hydrogen) atoms. The van der Waals surface area contributed by atoms with Gasteiger partial charge in [-0.25, -0.2) is 0 Å². The Kier molecular flexibility index (Phi) is 3.86. The normalized spacial score (nSPS) is 19.8. The summed E-state index contributed by atoms with van der Waals surface area (Å²) in [5.74, 6) is 0.314. The van der Waals surface area contributed by atoms with Crippen LogP contribution in [0.1, 0.15) is 6.42 Å². The average molecular weight is 298 g/mol. The topological polar surface area (TPSA) is 60.8 Å². The molecule has 1 heterocycles. The summed E-state index contributed by atoms with van der Waals surface area (Å²) in [6, 6.07) is 6.87. The highest BCUT2D eigenvalue weighted by Gasteiger charge is 2.32. The number of hydrogen-bond donors (Lipinski definition) is 2. The molecule has 1 unspecified atom stereocenters. The van der Waals surface area contributed by atoms with Gasteiger partial charge >= 0.3 is 7.12 Å². The molecule has 0 radical (unpaired) electrons. The second kappa shape index (κ2) is 5.20. The molecule has 1 atom stereocenters. The van der Waals surface area contributed by atoms with Crippen LogP contribution in [0.4, 0.5) is 5.69 Å². The molecule has 1 saturated heterocycles. The van der Waals surface area contributed by atoms with Crippen molar-refractivity contribution in [1.29, 1.82) is 0 Å². The molecule has 2 N–H and O–H groups in total. The van der Waals surface area contributed by atoms with E-state index >= 15 is 0 Å². The molecule has 0 bridgehead atoms. The number of hydrogen-bond acceptors (Lipinski definition) is 3. The van der Waals surface area contributed by atoms with Crippen LogP contribution in [-0.2, 0) is 4.79 Å². The summed E-state index contributed by atoms with van der Waals surface area (Å²) in [4.78, 5) is 13.5. The summed E-state index contributed by atoms with van der Waals surface area (Å²) in [6.07, 6.45) is 0.501. The number of anilines is 1. The molecule has 1 aliphatic rings. The van der Waals surface area contributed by atoms with Crippen molar-refractivity contribution >= 4 is 40.1 Å². The van der Waals surface area contributed by atoms with Crippen molar-refractivity contribution in [2.24, 2.45) is 5.92 Å². The Morgan fingerprint density at radius 2 is 2.12 bits per heavy atom. The summed E-state index contributed by atoms with van der Waals surface area (Å²) in [7, 11) is -1.55. The van der Waals surface area contributed by atoms with E-state index < -0.39 is 7.12 Å². The minimum absolute atomic E-state index is 0.0301. The average Bonchev–Trinajstić information content (AvgIpc) is 2.70. The monoisotopic (exact) mass is 297 g/mol. The minimum atomic E-state index is -1.55. The molecule has 1 fully saturated rings. The van der Waals surface area contributed by atoms with E-state index in [2.05, 4.69) is 15.9 Å². The van der Waals surface area contributed by atoms with E-state index in [-0.39, 0.29) is 11.8 Å². The van der Waals surface area contributed by atoms with Crippen molar-refractivity contribution in [3.63, 3.8) is 0 Å². The van der Waals surface area contributed by atoms with Crippen LogP contribution in [0.3, 0.4) is 0 Å². The van der Waals surface area contributed by atoms with Crippen LogP contribution in [0, 0.1) is 5.92 Å². The molecule has 1 aliphatic heterocycles. The van der Waals surface area contributed by atoms with E-state index in [1.165, 1.54) is 0 Å². The molecular weight excluding hydrogens is 285 g/mol.